The molecule has 0 spiro atoms. The van der Waals surface area contributed by atoms with Crippen molar-refractivity contribution in [1.82, 2.24) is 5.32 Å². The van der Waals surface area contributed by atoms with Crippen LogP contribution in [-0.2, 0) is 19.4 Å². The molecular formula is C16H20FNS. The Kier molecular flexibility index (Phi) is 5.11. The highest BCUT2D eigenvalue weighted by atomic mass is 32.1. The number of benzene rings is 1. The molecule has 0 aliphatic rings. The van der Waals surface area contributed by atoms with Gasteiger partial charge in [-0.2, -0.15) is 0 Å². The summed E-state index contributed by atoms with van der Waals surface area (Å²) in [5, 5.41) is 3.45. The molecule has 102 valence electrons. The molecule has 3 heteroatoms. The third kappa shape index (κ3) is 4.15. The van der Waals surface area contributed by atoms with Crippen LogP contribution in [0.1, 0.15) is 27.8 Å². The number of aryl methyl sites for hydroxylation is 2. The first-order valence-corrected chi connectivity index (χ1v) is 7.54. The molecule has 0 saturated carbocycles. The van der Waals surface area contributed by atoms with E-state index in [1.54, 1.807) is 6.07 Å². The fourth-order valence-electron chi connectivity index (χ4n) is 2.08. The SMILES string of the molecule is CCc1ccc(CNCCc2ccc(F)cc2C)s1. The van der Waals surface area contributed by atoms with Crippen LogP contribution in [0.4, 0.5) is 4.39 Å². The fraction of sp³-hybridized carbons (Fsp3) is 0.375. The average molecular weight is 277 g/mol. The summed E-state index contributed by atoms with van der Waals surface area (Å²) in [6, 6.07) is 9.41. The molecule has 1 heterocycles. The van der Waals surface area contributed by atoms with E-state index in [0.29, 0.717) is 0 Å². The van der Waals surface area contributed by atoms with E-state index in [1.807, 2.05) is 24.3 Å². The van der Waals surface area contributed by atoms with Gasteiger partial charge in [-0.05, 0) is 61.7 Å². The Hall–Kier alpha value is -1.19. The lowest BCUT2D eigenvalue weighted by atomic mass is 10.1. The monoisotopic (exact) mass is 277 g/mol. The van der Waals surface area contributed by atoms with Gasteiger partial charge < -0.3 is 5.32 Å². The molecule has 0 aliphatic heterocycles. The first kappa shape index (κ1) is 14.2. The standard InChI is InChI=1S/C16H20FNS/c1-3-15-6-7-16(19-15)11-18-9-8-13-4-5-14(17)10-12(13)2/h4-7,10,18H,3,8-9,11H2,1-2H3. The van der Waals surface area contributed by atoms with E-state index in [2.05, 4.69) is 24.4 Å². The number of nitrogens with one attached hydrogen (secondary N) is 1. The van der Waals surface area contributed by atoms with Crippen molar-refractivity contribution in [1.29, 1.82) is 0 Å². The molecular weight excluding hydrogens is 257 g/mol. The van der Waals surface area contributed by atoms with E-state index in [9.17, 15) is 4.39 Å². The lowest BCUT2D eigenvalue weighted by molar-refractivity contribution is 0.624. The molecule has 0 radical (unpaired) electrons. The van der Waals surface area contributed by atoms with Crippen LogP contribution in [-0.4, -0.2) is 6.54 Å². The van der Waals surface area contributed by atoms with Crippen molar-refractivity contribution in [3.63, 3.8) is 0 Å². The zero-order valence-electron chi connectivity index (χ0n) is 11.5. The van der Waals surface area contributed by atoms with Gasteiger partial charge in [-0.1, -0.05) is 13.0 Å². The molecule has 2 rings (SSSR count). The summed E-state index contributed by atoms with van der Waals surface area (Å²) in [7, 11) is 0. The Morgan fingerprint density at radius 3 is 2.63 bits per heavy atom. The summed E-state index contributed by atoms with van der Waals surface area (Å²) in [5.74, 6) is -0.153. The summed E-state index contributed by atoms with van der Waals surface area (Å²) in [6.07, 6.45) is 2.05. The summed E-state index contributed by atoms with van der Waals surface area (Å²) in [5.41, 5.74) is 2.25. The molecule has 2 aromatic rings. The van der Waals surface area contributed by atoms with E-state index in [4.69, 9.17) is 0 Å². The minimum absolute atomic E-state index is 0.153. The summed E-state index contributed by atoms with van der Waals surface area (Å²) in [4.78, 5) is 2.82. The van der Waals surface area contributed by atoms with Crippen LogP contribution < -0.4 is 5.32 Å². The number of hydrogen-bond acceptors (Lipinski definition) is 2. The maximum Gasteiger partial charge on any atom is 0.123 e. The topological polar surface area (TPSA) is 12.0 Å². The van der Waals surface area contributed by atoms with Gasteiger partial charge in [0.15, 0.2) is 0 Å². The molecule has 0 fully saturated rings. The van der Waals surface area contributed by atoms with Gasteiger partial charge >= 0.3 is 0 Å². The van der Waals surface area contributed by atoms with Crippen LogP contribution in [0.2, 0.25) is 0 Å². The van der Waals surface area contributed by atoms with E-state index < -0.39 is 0 Å². The van der Waals surface area contributed by atoms with Gasteiger partial charge in [-0.25, -0.2) is 4.39 Å². The Morgan fingerprint density at radius 1 is 1.16 bits per heavy atom. The second-order valence-electron chi connectivity index (χ2n) is 4.72. The molecule has 1 nitrogen and oxygen atoms in total. The van der Waals surface area contributed by atoms with E-state index in [0.717, 1.165) is 31.5 Å². The summed E-state index contributed by atoms with van der Waals surface area (Å²) in [6.45, 7) is 5.99. The molecule has 19 heavy (non-hydrogen) atoms. The van der Waals surface area contributed by atoms with Gasteiger partial charge in [0.05, 0.1) is 0 Å². The van der Waals surface area contributed by atoms with Crippen molar-refractivity contribution in [2.45, 2.75) is 33.2 Å². The Bertz CT molecular complexity index is 533. The second kappa shape index (κ2) is 6.83. The fourth-order valence-corrected chi connectivity index (χ4v) is 3.01. The molecule has 0 unspecified atom stereocenters. The van der Waals surface area contributed by atoms with E-state index >= 15 is 0 Å². The first-order valence-electron chi connectivity index (χ1n) is 6.72. The van der Waals surface area contributed by atoms with E-state index in [-0.39, 0.29) is 5.82 Å². The van der Waals surface area contributed by atoms with Gasteiger partial charge in [-0.3, -0.25) is 0 Å². The minimum Gasteiger partial charge on any atom is -0.312 e. The normalized spacial score (nSPS) is 10.9. The highest BCUT2D eigenvalue weighted by molar-refractivity contribution is 7.11. The lowest BCUT2D eigenvalue weighted by Gasteiger charge is -2.06. The summed E-state index contributed by atoms with van der Waals surface area (Å²) < 4.78 is 13.0. The summed E-state index contributed by atoms with van der Waals surface area (Å²) >= 11 is 1.87. The zero-order valence-corrected chi connectivity index (χ0v) is 12.3. The Balaban J connectivity index is 1.77. The molecule has 0 amide bonds. The van der Waals surface area contributed by atoms with Crippen molar-refractivity contribution in [2.75, 3.05) is 6.54 Å². The molecule has 1 aromatic heterocycles. The highest BCUT2D eigenvalue weighted by Crippen LogP contribution is 2.16. The smallest absolute Gasteiger partial charge is 0.123 e. The Labute approximate surface area is 118 Å². The molecule has 0 atom stereocenters. The van der Waals surface area contributed by atoms with Crippen LogP contribution in [0.25, 0.3) is 0 Å². The third-order valence-corrected chi connectivity index (χ3v) is 4.47. The minimum atomic E-state index is -0.153. The second-order valence-corrected chi connectivity index (χ2v) is 5.97. The molecule has 1 aromatic carbocycles. The van der Waals surface area contributed by atoms with Gasteiger partial charge in [0.1, 0.15) is 5.82 Å². The molecule has 0 saturated heterocycles. The zero-order chi connectivity index (χ0) is 13.7. The molecule has 0 bridgehead atoms. The van der Waals surface area contributed by atoms with Crippen molar-refractivity contribution in [3.05, 3.63) is 57.0 Å². The molecule has 1 N–H and O–H groups in total. The predicted octanol–water partition coefficient (Wildman–Crippen LogP) is 4.09. The van der Waals surface area contributed by atoms with Gasteiger partial charge in [-0.15, -0.1) is 11.3 Å². The van der Waals surface area contributed by atoms with Crippen LogP contribution in [0.15, 0.2) is 30.3 Å². The van der Waals surface area contributed by atoms with Crippen molar-refractivity contribution in [2.24, 2.45) is 0 Å². The van der Waals surface area contributed by atoms with Crippen LogP contribution in [0.5, 0.6) is 0 Å². The van der Waals surface area contributed by atoms with Gasteiger partial charge in [0.25, 0.3) is 0 Å². The maximum absolute atomic E-state index is 13.0. The number of hydrogen-bond donors (Lipinski definition) is 1. The maximum atomic E-state index is 13.0. The third-order valence-electron chi connectivity index (χ3n) is 3.24. The van der Waals surface area contributed by atoms with E-state index in [1.165, 1.54) is 21.4 Å². The van der Waals surface area contributed by atoms with Gasteiger partial charge in [0, 0.05) is 16.3 Å². The quantitative estimate of drug-likeness (QED) is 0.784. The lowest BCUT2D eigenvalue weighted by Crippen LogP contribution is -2.16. The number of thiophene rings is 1. The molecule has 0 aliphatic carbocycles. The van der Waals surface area contributed by atoms with Crippen molar-refractivity contribution >= 4 is 11.3 Å². The van der Waals surface area contributed by atoms with Gasteiger partial charge in [0.2, 0.25) is 0 Å². The predicted molar refractivity (Wildman–Crippen MR) is 80.2 cm³/mol. The van der Waals surface area contributed by atoms with Crippen LogP contribution in [0.3, 0.4) is 0 Å². The van der Waals surface area contributed by atoms with Crippen molar-refractivity contribution < 1.29 is 4.39 Å². The van der Waals surface area contributed by atoms with Crippen LogP contribution in [0, 0.1) is 12.7 Å². The first-order chi connectivity index (χ1) is 9.19. The highest BCUT2D eigenvalue weighted by Gasteiger charge is 2.01. The van der Waals surface area contributed by atoms with Crippen LogP contribution >= 0.6 is 11.3 Å². The number of rotatable bonds is 6. The Morgan fingerprint density at radius 2 is 1.95 bits per heavy atom. The van der Waals surface area contributed by atoms with Crippen molar-refractivity contribution in [3.8, 4) is 0 Å². The largest absolute Gasteiger partial charge is 0.312 e. The number of halogens is 1. The average Bonchev–Trinajstić information content (AvgIpc) is 2.84.